The molecule has 0 aromatic heterocycles. The minimum atomic E-state index is -1.41. The molecule has 290 valence electrons. The number of fused-ring (bicyclic) bond motifs is 9. The van der Waals surface area contributed by atoms with Crippen molar-refractivity contribution in [1.82, 2.24) is 15.1 Å². The number of hydrogen-bond acceptors (Lipinski definition) is 15. The number of benzene rings is 3. The zero-order valence-electron chi connectivity index (χ0n) is 31.7. The van der Waals surface area contributed by atoms with Crippen molar-refractivity contribution in [3.05, 3.63) is 69.0 Å². The Morgan fingerprint density at radius 1 is 1.09 bits per heavy atom. The summed E-state index contributed by atoms with van der Waals surface area (Å²) in [5, 5.41) is 37.2. The highest BCUT2D eigenvalue weighted by atomic mass is 32.2. The maximum absolute atomic E-state index is 14.8. The molecule has 0 amide bonds. The Hall–Kier alpha value is -5.30. The van der Waals surface area contributed by atoms with Crippen LogP contribution in [-0.2, 0) is 31.8 Å². The first-order valence-electron chi connectivity index (χ1n) is 18.6. The number of nitriles is 1. The number of nitrogens with zero attached hydrogens (tertiary/aromatic N) is 3. The Balaban J connectivity index is 1.29. The molecule has 2 fully saturated rings. The number of rotatable bonds is 3. The van der Waals surface area contributed by atoms with Gasteiger partial charge in [-0.2, -0.15) is 5.26 Å². The lowest BCUT2D eigenvalue weighted by molar-refractivity contribution is -0.145. The van der Waals surface area contributed by atoms with E-state index in [9.17, 15) is 25.1 Å². The van der Waals surface area contributed by atoms with Gasteiger partial charge < -0.3 is 43.5 Å². The predicted octanol–water partition coefficient (Wildman–Crippen LogP) is 4.69. The van der Waals surface area contributed by atoms with Crippen LogP contribution in [0.5, 0.6) is 40.2 Å². The number of phenolic OH excluding ortho intramolecular Hbond substituents is 2. The number of piperazine rings is 1. The maximum Gasteiger partial charge on any atom is 0.336 e. The minimum Gasteiger partial charge on any atom is -0.504 e. The number of ether oxygens (including phenoxy) is 6. The lowest BCUT2D eigenvalue weighted by atomic mass is 9.74. The molecular weight excluding hydrogens is 741 g/mol. The summed E-state index contributed by atoms with van der Waals surface area (Å²) in [7, 11) is 3.00. The molecule has 0 saturated carbocycles. The van der Waals surface area contributed by atoms with Crippen LogP contribution in [0.1, 0.15) is 76.1 Å². The maximum atomic E-state index is 14.8. The van der Waals surface area contributed by atoms with Gasteiger partial charge in [-0.25, -0.2) is 4.79 Å². The van der Waals surface area contributed by atoms with Crippen molar-refractivity contribution in [3.63, 3.8) is 0 Å². The normalized spacial score (nSPS) is 31.0. The van der Waals surface area contributed by atoms with Crippen LogP contribution in [0.4, 0.5) is 0 Å². The minimum absolute atomic E-state index is 0.0329. The van der Waals surface area contributed by atoms with Gasteiger partial charge in [0.15, 0.2) is 40.0 Å². The lowest BCUT2D eigenvalue weighted by Crippen LogP contribution is -2.64. The molecule has 8 heterocycles. The van der Waals surface area contributed by atoms with Crippen LogP contribution in [0.3, 0.4) is 0 Å². The second-order valence-electron chi connectivity index (χ2n) is 15.9. The molecule has 15 heteroatoms. The Morgan fingerprint density at radius 3 is 2.61 bits per heavy atom. The van der Waals surface area contributed by atoms with Gasteiger partial charge in [0.1, 0.15) is 17.6 Å². The molecule has 3 N–H and O–H groups in total. The van der Waals surface area contributed by atoms with Crippen molar-refractivity contribution >= 4 is 29.4 Å². The number of aromatic hydroxyl groups is 2. The van der Waals surface area contributed by atoms with Crippen LogP contribution in [0.2, 0.25) is 0 Å². The van der Waals surface area contributed by atoms with Crippen LogP contribution < -0.4 is 29.0 Å². The molecule has 3 aromatic rings. The van der Waals surface area contributed by atoms with E-state index in [1.54, 1.807) is 12.1 Å². The largest absolute Gasteiger partial charge is 0.504 e. The standard InChI is InChI=1S/C41H40N4O10S/c1-18-9-23-27(32(48)33(18)51-6)30-31-37-29-28(36-35(53-17-54-36)19(2)34(29)55-20(3)46)24(45(31)40(14-42)13-39(23,4)44(30)15-40)12-52-38(49)41(16-56-37)22-11-26(50-5)25(47)10-21(22)7-8-43-41/h9-12,30-31,37,43,47-48H,7-8,13,15-17H2,1-6H3/b24-12-/t30?,31?,37-,39?,40+,41-/m1/s1. The number of thioether (sulfide) groups is 1. The zero-order chi connectivity index (χ0) is 39.2. The molecule has 6 atom stereocenters. The van der Waals surface area contributed by atoms with Gasteiger partial charge >= 0.3 is 11.9 Å². The van der Waals surface area contributed by atoms with E-state index >= 15 is 0 Å². The lowest BCUT2D eigenvalue weighted by Gasteiger charge is -2.57. The Labute approximate surface area is 326 Å². The molecule has 3 aromatic carbocycles. The van der Waals surface area contributed by atoms with E-state index in [0.29, 0.717) is 82.4 Å². The summed E-state index contributed by atoms with van der Waals surface area (Å²) in [6, 6.07) is 7.03. The third kappa shape index (κ3) is 4.19. The number of carbonyl (C=O) groups is 2. The van der Waals surface area contributed by atoms with Crippen molar-refractivity contribution in [1.29, 1.82) is 5.26 Å². The van der Waals surface area contributed by atoms with Gasteiger partial charge in [-0.15, -0.1) is 11.8 Å². The first-order chi connectivity index (χ1) is 26.8. The average molecular weight is 781 g/mol. The van der Waals surface area contributed by atoms with E-state index in [-0.39, 0.29) is 29.8 Å². The van der Waals surface area contributed by atoms with Crippen LogP contribution in [0.25, 0.3) is 5.70 Å². The summed E-state index contributed by atoms with van der Waals surface area (Å²) < 4.78 is 36.0. The number of nitrogens with one attached hydrogen (secondary N) is 1. The number of esters is 2. The van der Waals surface area contributed by atoms with Crippen LogP contribution >= 0.6 is 11.8 Å². The van der Waals surface area contributed by atoms with E-state index in [1.807, 2.05) is 13.8 Å². The van der Waals surface area contributed by atoms with Crippen LogP contribution in [0.15, 0.2) is 24.5 Å². The van der Waals surface area contributed by atoms with Gasteiger partial charge in [-0.1, -0.05) is 0 Å². The molecule has 8 aliphatic rings. The molecule has 2 saturated heterocycles. The van der Waals surface area contributed by atoms with Gasteiger partial charge in [0.05, 0.1) is 48.9 Å². The summed E-state index contributed by atoms with van der Waals surface area (Å²) >= 11 is 1.47. The summed E-state index contributed by atoms with van der Waals surface area (Å²) in [6.45, 7) is 7.86. The van der Waals surface area contributed by atoms with E-state index in [4.69, 9.17) is 28.4 Å². The molecule has 8 aliphatic heterocycles. The van der Waals surface area contributed by atoms with Gasteiger partial charge in [0.2, 0.25) is 6.79 Å². The monoisotopic (exact) mass is 780 g/mol. The molecule has 4 bridgehead atoms. The van der Waals surface area contributed by atoms with Crippen molar-refractivity contribution < 1.29 is 48.2 Å². The van der Waals surface area contributed by atoms with E-state index in [0.717, 1.165) is 16.7 Å². The topological polar surface area (TPSA) is 172 Å². The fourth-order valence-electron chi connectivity index (χ4n) is 10.9. The first-order valence-corrected chi connectivity index (χ1v) is 19.6. The van der Waals surface area contributed by atoms with Gasteiger partial charge in [0.25, 0.3) is 0 Å². The zero-order valence-corrected chi connectivity index (χ0v) is 32.5. The summed E-state index contributed by atoms with van der Waals surface area (Å²) in [5.74, 6) is 0.715. The SMILES string of the molecule is COc1cc2c(cc1O)CCN[C@]21CS[C@@H]2c3c(OC(C)=O)c(C)c4c(c3/C(=C/OC1=O)N1C2C2c3c(cc(C)c(OC)c3O)C3(C)C[C@]1(C#N)CN23)OCO4. The third-order valence-corrected chi connectivity index (χ3v) is 14.5. The van der Waals surface area contributed by atoms with Crippen molar-refractivity contribution in [2.75, 3.05) is 39.9 Å². The Morgan fingerprint density at radius 2 is 1.88 bits per heavy atom. The van der Waals surface area contributed by atoms with Gasteiger partial charge in [-0.05, 0) is 67.6 Å². The highest BCUT2D eigenvalue weighted by Crippen LogP contribution is 2.71. The summed E-state index contributed by atoms with van der Waals surface area (Å²) in [4.78, 5) is 32.2. The third-order valence-electron chi connectivity index (χ3n) is 13.1. The summed E-state index contributed by atoms with van der Waals surface area (Å²) in [5.41, 5.74) is 2.74. The Bertz CT molecular complexity index is 2410. The quantitative estimate of drug-likeness (QED) is 0.247. The van der Waals surface area contributed by atoms with Crippen molar-refractivity contribution in [2.24, 2.45) is 0 Å². The fraction of sp³-hybridized carbons (Fsp3) is 0.439. The number of methoxy groups -OCH3 is 2. The van der Waals surface area contributed by atoms with Gasteiger partial charge in [-0.3, -0.25) is 15.0 Å². The van der Waals surface area contributed by atoms with Gasteiger partial charge in [0, 0.05) is 54.4 Å². The second kappa shape index (κ2) is 11.6. The van der Waals surface area contributed by atoms with E-state index < -0.39 is 45.9 Å². The molecule has 0 aliphatic carbocycles. The molecule has 0 radical (unpaired) electrons. The molecule has 14 nitrogen and oxygen atoms in total. The fourth-order valence-corrected chi connectivity index (χ4v) is 12.6. The second-order valence-corrected chi connectivity index (χ2v) is 17.0. The Kier molecular flexibility index (Phi) is 7.29. The number of aryl methyl sites for hydroxylation is 1. The van der Waals surface area contributed by atoms with Crippen LogP contribution in [0, 0.1) is 25.2 Å². The van der Waals surface area contributed by atoms with E-state index in [2.05, 4.69) is 34.2 Å². The molecule has 3 unspecified atom stereocenters. The predicted molar refractivity (Wildman–Crippen MR) is 201 cm³/mol. The number of phenols is 2. The van der Waals surface area contributed by atoms with Crippen LogP contribution in [-0.4, -0.2) is 83.4 Å². The highest BCUT2D eigenvalue weighted by molar-refractivity contribution is 7.99. The van der Waals surface area contributed by atoms with Crippen molar-refractivity contribution in [2.45, 2.75) is 74.5 Å². The average Bonchev–Trinajstić information content (AvgIpc) is 3.83. The van der Waals surface area contributed by atoms with E-state index in [1.165, 1.54) is 39.2 Å². The smallest absolute Gasteiger partial charge is 0.336 e. The summed E-state index contributed by atoms with van der Waals surface area (Å²) in [6.07, 6.45) is 2.33. The molecule has 1 spiro atoms. The molecular formula is C41H40N4O10S. The first kappa shape index (κ1) is 35.1. The number of carbonyl (C=O) groups excluding carboxylic acids is 2. The number of hydrogen-bond donors (Lipinski definition) is 3. The highest BCUT2D eigenvalue weighted by Gasteiger charge is 2.71. The molecule has 56 heavy (non-hydrogen) atoms. The molecule has 11 rings (SSSR count). The van der Waals surface area contributed by atoms with Crippen molar-refractivity contribution in [3.8, 4) is 46.3 Å².